The van der Waals surface area contributed by atoms with E-state index in [4.69, 9.17) is 16.6 Å². The first-order valence-electron chi connectivity index (χ1n) is 10.6. The van der Waals surface area contributed by atoms with Crippen LogP contribution in [0.15, 0.2) is 63.4 Å². The molecule has 3 aromatic rings. The Labute approximate surface area is 201 Å². The zero-order valence-electron chi connectivity index (χ0n) is 17.8. The van der Waals surface area contributed by atoms with E-state index < -0.39 is 0 Å². The summed E-state index contributed by atoms with van der Waals surface area (Å²) in [4.78, 5) is 31.2. The summed E-state index contributed by atoms with van der Waals surface area (Å²) >= 11 is 8.82. The fourth-order valence-electron chi connectivity index (χ4n) is 3.47. The van der Waals surface area contributed by atoms with Crippen LogP contribution < -0.4 is 10.9 Å². The Balaban J connectivity index is 1.50. The number of carbonyl (C=O) groups excluding carboxylic acids is 1. The third-order valence-corrected chi connectivity index (χ3v) is 7.44. The summed E-state index contributed by atoms with van der Waals surface area (Å²) in [6.45, 7) is 2.17. The Bertz CT molecular complexity index is 1160. The molecule has 0 bridgehead atoms. The smallest absolute Gasteiger partial charge is 0.272 e. The first-order chi connectivity index (χ1) is 15.5. The van der Waals surface area contributed by atoms with E-state index in [9.17, 15) is 9.59 Å². The number of nitrogens with zero attached hydrogens (tertiary/aromatic N) is 2. The summed E-state index contributed by atoms with van der Waals surface area (Å²) < 4.78 is 1.58. The van der Waals surface area contributed by atoms with E-state index in [1.165, 1.54) is 29.1 Å². The molecule has 1 aliphatic heterocycles. The monoisotopic (exact) mass is 485 g/mol. The SMILES string of the molecule is CCCCc1ccc(NC(=O)CSc2nc3c(c(=O)n2-c2ccc(Cl)cc2)SCC3)cc1. The van der Waals surface area contributed by atoms with Gasteiger partial charge in [0, 0.05) is 22.9 Å². The number of rotatable bonds is 8. The zero-order chi connectivity index (χ0) is 22.5. The minimum absolute atomic E-state index is 0.0922. The van der Waals surface area contributed by atoms with Gasteiger partial charge < -0.3 is 5.32 Å². The second-order valence-corrected chi connectivity index (χ2v) is 10.0. The standard InChI is InChI=1S/C24H24ClN3O2S2/c1-2-3-4-16-5-9-18(10-6-16)26-21(29)15-32-24-27-20-13-14-31-22(20)23(30)28(24)19-11-7-17(25)8-12-19/h5-12H,2-4,13-15H2,1H3,(H,26,29). The van der Waals surface area contributed by atoms with E-state index >= 15 is 0 Å². The van der Waals surface area contributed by atoms with Gasteiger partial charge in [0.05, 0.1) is 22.0 Å². The lowest BCUT2D eigenvalue weighted by Gasteiger charge is -2.14. The topological polar surface area (TPSA) is 64.0 Å². The number of thioether (sulfide) groups is 2. The minimum atomic E-state index is -0.136. The molecule has 4 rings (SSSR count). The van der Waals surface area contributed by atoms with Gasteiger partial charge in [0.2, 0.25) is 5.91 Å². The summed E-state index contributed by atoms with van der Waals surface area (Å²) in [6, 6.07) is 15.0. The molecular weight excluding hydrogens is 462 g/mol. The van der Waals surface area contributed by atoms with Gasteiger partial charge in [0.15, 0.2) is 5.16 Å². The molecule has 0 spiro atoms. The maximum atomic E-state index is 13.2. The lowest BCUT2D eigenvalue weighted by molar-refractivity contribution is -0.113. The van der Waals surface area contributed by atoms with Gasteiger partial charge in [-0.05, 0) is 54.8 Å². The van der Waals surface area contributed by atoms with Gasteiger partial charge >= 0.3 is 0 Å². The summed E-state index contributed by atoms with van der Waals surface area (Å²) in [5.74, 6) is 0.869. The molecule has 0 unspecified atom stereocenters. The molecule has 0 saturated heterocycles. The van der Waals surface area contributed by atoms with Crippen molar-refractivity contribution in [1.82, 2.24) is 9.55 Å². The lowest BCUT2D eigenvalue weighted by atomic mass is 10.1. The van der Waals surface area contributed by atoms with E-state index in [-0.39, 0.29) is 17.2 Å². The van der Waals surface area contributed by atoms with Crippen molar-refractivity contribution in [2.24, 2.45) is 0 Å². The van der Waals surface area contributed by atoms with Crippen LogP contribution in [0.2, 0.25) is 5.02 Å². The van der Waals surface area contributed by atoms with Crippen LogP contribution in [-0.2, 0) is 17.6 Å². The van der Waals surface area contributed by atoms with Crippen LogP contribution in [0, 0.1) is 0 Å². The van der Waals surface area contributed by atoms with Crippen LogP contribution in [0.3, 0.4) is 0 Å². The summed E-state index contributed by atoms with van der Waals surface area (Å²) in [7, 11) is 0. The second-order valence-electron chi connectivity index (χ2n) is 7.52. The number of unbranched alkanes of at least 4 members (excludes halogenated alkanes) is 1. The number of aromatic nitrogens is 2. The van der Waals surface area contributed by atoms with E-state index in [1.54, 1.807) is 28.8 Å². The fourth-order valence-corrected chi connectivity index (χ4v) is 5.45. The molecular formula is C24H24ClN3O2S2. The second kappa shape index (κ2) is 10.6. The first-order valence-corrected chi connectivity index (χ1v) is 13.0. The maximum absolute atomic E-state index is 13.2. The number of benzene rings is 2. The average molecular weight is 486 g/mol. The van der Waals surface area contributed by atoms with Crippen molar-refractivity contribution in [3.63, 3.8) is 0 Å². The number of halogens is 1. The van der Waals surface area contributed by atoms with Crippen molar-refractivity contribution >= 4 is 46.7 Å². The molecule has 166 valence electrons. The van der Waals surface area contributed by atoms with Gasteiger partial charge in [-0.2, -0.15) is 0 Å². The Morgan fingerprint density at radius 1 is 1.19 bits per heavy atom. The predicted molar refractivity (Wildman–Crippen MR) is 134 cm³/mol. The summed E-state index contributed by atoms with van der Waals surface area (Å²) in [5.41, 5.74) is 3.45. The highest BCUT2D eigenvalue weighted by Crippen LogP contribution is 2.30. The van der Waals surface area contributed by atoms with Crippen molar-refractivity contribution in [3.05, 3.63) is 75.2 Å². The Hall–Kier alpha value is -2.22. The van der Waals surface area contributed by atoms with Crippen LogP contribution >= 0.6 is 35.1 Å². The molecule has 1 amide bonds. The van der Waals surface area contributed by atoms with Crippen molar-refractivity contribution < 1.29 is 4.79 Å². The molecule has 0 radical (unpaired) electrons. The van der Waals surface area contributed by atoms with E-state index in [0.29, 0.717) is 20.8 Å². The van der Waals surface area contributed by atoms with Crippen molar-refractivity contribution in [1.29, 1.82) is 0 Å². The van der Waals surface area contributed by atoms with Crippen LogP contribution in [0.25, 0.3) is 5.69 Å². The maximum Gasteiger partial charge on any atom is 0.272 e. The normalized spacial score (nSPS) is 12.6. The molecule has 2 heterocycles. The Kier molecular flexibility index (Phi) is 7.60. The number of hydrogen-bond acceptors (Lipinski definition) is 5. The predicted octanol–water partition coefficient (Wildman–Crippen LogP) is 5.61. The van der Waals surface area contributed by atoms with Gasteiger partial charge in [-0.1, -0.05) is 48.8 Å². The third-order valence-electron chi connectivity index (χ3n) is 5.14. The molecule has 0 saturated carbocycles. The first kappa shape index (κ1) is 23.0. The zero-order valence-corrected chi connectivity index (χ0v) is 20.2. The molecule has 0 fully saturated rings. The molecule has 1 N–H and O–H groups in total. The van der Waals surface area contributed by atoms with E-state index in [0.717, 1.165) is 42.8 Å². The van der Waals surface area contributed by atoms with Crippen molar-refractivity contribution in [2.45, 2.75) is 42.7 Å². The fraction of sp³-hybridized carbons (Fsp3) is 0.292. The molecule has 8 heteroatoms. The van der Waals surface area contributed by atoms with Crippen LogP contribution in [0.4, 0.5) is 5.69 Å². The third kappa shape index (κ3) is 5.39. The summed E-state index contributed by atoms with van der Waals surface area (Å²) in [6.07, 6.45) is 4.13. The summed E-state index contributed by atoms with van der Waals surface area (Å²) in [5, 5.41) is 4.05. The van der Waals surface area contributed by atoms with Crippen LogP contribution in [-0.4, -0.2) is 27.0 Å². The van der Waals surface area contributed by atoms with Gasteiger partial charge in [0.1, 0.15) is 0 Å². The molecule has 0 aliphatic carbocycles. The number of hydrogen-bond donors (Lipinski definition) is 1. The molecule has 32 heavy (non-hydrogen) atoms. The molecule has 2 aromatic carbocycles. The van der Waals surface area contributed by atoms with Gasteiger partial charge in [0.25, 0.3) is 5.56 Å². The largest absolute Gasteiger partial charge is 0.325 e. The van der Waals surface area contributed by atoms with Gasteiger partial charge in [-0.15, -0.1) is 11.8 Å². The van der Waals surface area contributed by atoms with Crippen molar-refractivity contribution in [2.75, 3.05) is 16.8 Å². The number of nitrogens with one attached hydrogen (secondary N) is 1. The molecule has 1 aromatic heterocycles. The number of anilines is 1. The number of fused-ring (bicyclic) bond motifs is 1. The van der Waals surface area contributed by atoms with Gasteiger partial charge in [-0.25, -0.2) is 4.98 Å². The van der Waals surface area contributed by atoms with Crippen LogP contribution in [0.5, 0.6) is 0 Å². The highest BCUT2D eigenvalue weighted by atomic mass is 35.5. The highest BCUT2D eigenvalue weighted by molar-refractivity contribution is 8.00. The van der Waals surface area contributed by atoms with E-state index in [1.807, 2.05) is 12.1 Å². The Morgan fingerprint density at radius 3 is 2.66 bits per heavy atom. The average Bonchev–Trinajstić information content (AvgIpc) is 3.27. The molecule has 5 nitrogen and oxygen atoms in total. The lowest BCUT2D eigenvalue weighted by Crippen LogP contribution is -2.24. The quantitative estimate of drug-likeness (QED) is 0.332. The van der Waals surface area contributed by atoms with Crippen molar-refractivity contribution in [3.8, 4) is 5.69 Å². The molecule has 1 aliphatic rings. The van der Waals surface area contributed by atoms with Gasteiger partial charge in [-0.3, -0.25) is 14.2 Å². The number of amides is 1. The number of carbonyl (C=O) groups is 1. The van der Waals surface area contributed by atoms with Crippen LogP contribution in [0.1, 0.15) is 31.0 Å². The molecule has 0 atom stereocenters. The number of aryl methyl sites for hydroxylation is 2. The Morgan fingerprint density at radius 2 is 1.94 bits per heavy atom. The highest BCUT2D eigenvalue weighted by Gasteiger charge is 2.23. The van der Waals surface area contributed by atoms with E-state index in [2.05, 4.69) is 24.4 Å². The minimum Gasteiger partial charge on any atom is -0.325 e.